The van der Waals surface area contributed by atoms with Crippen LogP contribution >= 0.6 is 11.3 Å². The van der Waals surface area contributed by atoms with E-state index in [4.69, 9.17) is 5.11 Å². The minimum Gasteiger partial charge on any atom is -0.480 e. The van der Waals surface area contributed by atoms with E-state index in [1.165, 1.54) is 6.33 Å². The summed E-state index contributed by atoms with van der Waals surface area (Å²) in [6.45, 7) is -0.198. The Kier molecular flexibility index (Phi) is 3.16. The van der Waals surface area contributed by atoms with Gasteiger partial charge in [0.25, 0.3) is 0 Å². The van der Waals surface area contributed by atoms with Crippen molar-refractivity contribution in [2.24, 2.45) is 0 Å². The van der Waals surface area contributed by atoms with E-state index in [0.29, 0.717) is 11.5 Å². The summed E-state index contributed by atoms with van der Waals surface area (Å²) in [5.41, 5.74) is 3.27. The molecule has 0 aliphatic carbocycles. The molecule has 0 aliphatic heterocycles. The van der Waals surface area contributed by atoms with E-state index in [0.717, 1.165) is 26.9 Å². The topological polar surface area (TPSA) is 104 Å². The highest BCUT2D eigenvalue weighted by Crippen LogP contribution is 2.34. The summed E-state index contributed by atoms with van der Waals surface area (Å²) >= 11 is 1.57. The highest BCUT2D eigenvalue weighted by molar-refractivity contribution is 7.17. The van der Waals surface area contributed by atoms with Gasteiger partial charge in [0.05, 0.1) is 15.9 Å². The predicted octanol–water partition coefficient (Wildman–Crippen LogP) is 2.73. The number of anilines is 1. The number of aliphatic carboxylic acids is 1. The molecule has 114 valence electrons. The SMILES string of the molecule is O=C(O)CNc1cc(-c2ncnc3ccsc23)c2cc[nH]c2n1. The number of rotatable bonds is 4. The fourth-order valence-corrected chi connectivity index (χ4v) is 3.32. The number of aromatic amines is 1. The zero-order chi connectivity index (χ0) is 15.8. The lowest BCUT2D eigenvalue weighted by Crippen LogP contribution is -2.13. The lowest BCUT2D eigenvalue weighted by molar-refractivity contribution is -0.134. The second-order valence-corrected chi connectivity index (χ2v) is 5.82. The maximum Gasteiger partial charge on any atom is 0.322 e. The number of nitrogens with zero attached hydrogens (tertiary/aromatic N) is 3. The van der Waals surface area contributed by atoms with Gasteiger partial charge >= 0.3 is 5.97 Å². The standard InChI is InChI=1S/C15H11N5O2S/c21-12(22)6-17-11-5-9(8-1-3-16-15(8)20-11)13-14-10(2-4-23-14)18-7-19-13/h1-5,7H,6H2,(H,21,22)(H2,16,17,20). The van der Waals surface area contributed by atoms with E-state index in [2.05, 4.69) is 25.3 Å². The molecule has 4 rings (SSSR count). The third-order valence-electron chi connectivity index (χ3n) is 3.45. The Morgan fingerprint density at radius 3 is 3.13 bits per heavy atom. The Morgan fingerprint density at radius 2 is 2.26 bits per heavy atom. The molecule has 0 atom stereocenters. The van der Waals surface area contributed by atoms with Crippen LogP contribution in [0.4, 0.5) is 5.82 Å². The number of carboxylic acid groups (broad SMARTS) is 1. The second kappa shape index (κ2) is 5.33. The molecule has 3 N–H and O–H groups in total. The Labute approximate surface area is 134 Å². The lowest BCUT2D eigenvalue weighted by Gasteiger charge is -2.08. The van der Waals surface area contributed by atoms with Crippen molar-refractivity contribution in [2.75, 3.05) is 11.9 Å². The highest BCUT2D eigenvalue weighted by atomic mass is 32.1. The number of hydrogen-bond donors (Lipinski definition) is 3. The minimum absolute atomic E-state index is 0.198. The summed E-state index contributed by atoms with van der Waals surface area (Å²) in [5.74, 6) is -0.455. The van der Waals surface area contributed by atoms with Crippen LogP contribution in [-0.2, 0) is 4.79 Å². The van der Waals surface area contributed by atoms with E-state index in [-0.39, 0.29) is 6.54 Å². The molecule has 0 fully saturated rings. The molecule has 0 saturated heterocycles. The fraction of sp³-hybridized carbons (Fsp3) is 0.0667. The largest absolute Gasteiger partial charge is 0.480 e. The van der Waals surface area contributed by atoms with Crippen molar-refractivity contribution >= 4 is 44.4 Å². The molecule has 0 unspecified atom stereocenters. The van der Waals surface area contributed by atoms with E-state index in [1.807, 2.05) is 23.6 Å². The first kappa shape index (κ1) is 13.6. The summed E-state index contributed by atoms with van der Waals surface area (Å²) in [6.07, 6.45) is 3.34. The van der Waals surface area contributed by atoms with Gasteiger partial charge in [0.2, 0.25) is 0 Å². The van der Waals surface area contributed by atoms with Gasteiger partial charge in [-0.3, -0.25) is 4.79 Å². The molecule has 0 spiro atoms. The minimum atomic E-state index is -0.942. The van der Waals surface area contributed by atoms with Crippen LogP contribution in [0, 0.1) is 0 Å². The molecule has 0 saturated carbocycles. The van der Waals surface area contributed by atoms with Crippen molar-refractivity contribution in [1.82, 2.24) is 19.9 Å². The van der Waals surface area contributed by atoms with Crippen LogP contribution in [0.25, 0.3) is 32.5 Å². The van der Waals surface area contributed by atoms with Crippen molar-refractivity contribution in [1.29, 1.82) is 0 Å². The molecule has 23 heavy (non-hydrogen) atoms. The number of hydrogen-bond acceptors (Lipinski definition) is 6. The summed E-state index contributed by atoms with van der Waals surface area (Å²) in [6, 6.07) is 5.70. The monoisotopic (exact) mass is 325 g/mol. The zero-order valence-corrected chi connectivity index (χ0v) is 12.6. The van der Waals surface area contributed by atoms with Crippen LogP contribution in [0.1, 0.15) is 0 Å². The van der Waals surface area contributed by atoms with Crippen LogP contribution in [0.2, 0.25) is 0 Å². The Hall–Kier alpha value is -3.00. The maximum atomic E-state index is 10.8. The van der Waals surface area contributed by atoms with Gasteiger partial charge in [0.15, 0.2) is 0 Å². The Balaban J connectivity index is 1.92. The third kappa shape index (κ3) is 2.38. The smallest absolute Gasteiger partial charge is 0.322 e. The molecule has 0 bridgehead atoms. The summed E-state index contributed by atoms with van der Waals surface area (Å²) in [5, 5.41) is 14.5. The number of carbonyl (C=O) groups is 1. The second-order valence-electron chi connectivity index (χ2n) is 4.90. The fourth-order valence-electron chi connectivity index (χ4n) is 2.47. The Morgan fingerprint density at radius 1 is 1.35 bits per heavy atom. The quantitative estimate of drug-likeness (QED) is 0.533. The van der Waals surface area contributed by atoms with Gasteiger partial charge in [-0.05, 0) is 23.6 Å². The van der Waals surface area contributed by atoms with Crippen molar-refractivity contribution in [3.05, 3.63) is 36.1 Å². The summed E-state index contributed by atoms with van der Waals surface area (Å²) in [4.78, 5) is 26.9. The number of pyridine rings is 1. The van der Waals surface area contributed by atoms with Gasteiger partial charge in [-0.25, -0.2) is 15.0 Å². The first-order valence-electron chi connectivity index (χ1n) is 6.85. The van der Waals surface area contributed by atoms with E-state index >= 15 is 0 Å². The molecule has 0 aliphatic rings. The average molecular weight is 325 g/mol. The van der Waals surface area contributed by atoms with Crippen LogP contribution in [-0.4, -0.2) is 37.6 Å². The number of aromatic nitrogens is 4. The normalized spacial score (nSPS) is 11.1. The molecule has 4 aromatic heterocycles. The van der Waals surface area contributed by atoms with E-state index < -0.39 is 5.97 Å². The number of nitrogens with one attached hydrogen (secondary N) is 2. The van der Waals surface area contributed by atoms with Gasteiger partial charge in [0.1, 0.15) is 24.3 Å². The van der Waals surface area contributed by atoms with Gasteiger partial charge in [-0.2, -0.15) is 0 Å². The number of thiophene rings is 1. The maximum absolute atomic E-state index is 10.8. The zero-order valence-electron chi connectivity index (χ0n) is 11.8. The molecular formula is C15H11N5O2S. The third-order valence-corrected chi connectivity index (χ3v) is 4.36. The first-order chi connectivity index (χ1) is 11.2. The van der Waals surface area contributed by atoms with Gasteiger partial charge in [0, 0.05) is 17.1 Å². The van der Waals surface area contributed by atoms with Crippen molar-refractivity contribution in [2.45, 2.75) is 0 Å². The predicted molar refractivity (Wildman–Crippen MR) is 88.6 cm³/mol. The number of carboxylic acids is 1. The van der Waals surface area contributed by atoms with Crippen LogP contribution in [0.5, 0.6) is 0 Å². The molecule has 4 heterocycles. The molecule has 0 radical (unpaired) electrons. The number of fused-ring (bicyclic) bond motifs is 2. The molecule has 0 aromatic carbocycles. The van der Waals surface area contributed by atoms with Crippen molar-refractivity contribution in [3.63, 3.8) is 0 Å². The van der Waals surface area contributed by atoms with Gasteiger partial charge in [-0.1, -0.05) is 0 Å². The molecule has 0 amide bonds. The molecular weight excluding hydrogens is 314 g/mol. The van der Waals surface area contributed by atoms with Crippen molar-refractivity contribution < 1.29 is 9.90 Å². The average Bonchev–Trinajstić information content (AvgIpc) is 3.20. The van der Waals surface area contributed by atoms with Crippen molar-refractivity contribution in [3.8, 4) is 11.3 Å². The van der Waals surface area contributed by atoms with Gasteiger partial charge < -0.3 is 15.4 Å². The van der Waals surface area contributed by atoms with E-state index in [1.54, 1.807) is 17.5 Å². The van der Waals surface area contributed by atoms with Crippen LogP contribution in [0.15, 0.2) is 36.1 Å². The summed E-state index contributed by atoms with van der Waals surface area (Å²) in [7, 11) is 0. The highest BCUT2D eigenvalue weighted by Gasteiger charge is 2.14. The first-order valence-corrected chi connectivity index (χ1v) is 7.73. The lowest BCUT2D eigenvalue weighted by atomic mass is 10.1. The van der Waals surface area contributed by atoms with E-state index in [9.17, 15) is 4.79 Å². The van der Waals surface area contributed by atoms with Crippen LogP contribution < -0.4 is 5.32 Å². The molecule has 7 nitrogen and oxygen atoms in total. The summed E-state index contributed by atoms with van der Waals surface area (Å²) < 4.78 is 0.991. The number of H-pyrrole nitrogens is 1. The van der Waals surface area contributed by atoms with Gasteiger partial charge in [-0.15, -0.1) is 11.3 Å². The van der Waals surface area contributed by atoms with Crippen LogP contribution in [0.3, 0.4) is 0 Å². The molecule has 8 heteroatoms. The Bertz CT molecular complexity index is 1020. The molecule has 4 aromatic rings.